The molecule has 126 valence electrons. The van der Waals surface area contributed by atoms with E-state index in [9.17, 15) is 4.79 Å². The maximum atomic E-state index is 12.8. The van der Waals surface area contributed by atoms with E-state index in [1.807, 2.05) is 11.9 Å². The number of carbonyl (C=O) groups is 1. The van der Waals surface area contributed by atoms with Crippen molar-refractivity contribution in [3.05, 3.63) is 40.5 Å². The fourth-order valence-electron chi connectivity index (χ4n) is 3.65. The normalized spacial score (nSPS) is 18.5. The number of thiazole rings is 1. The molecule has 1 unspecified atom stereocenters. The lowest BCUT2D eigenvalue weighted by atomic mass is 9.95. The number of imidazole rings is 1. The Morgan fingerprint density at radius 1 is 1.38 bits per heavy atom. The van der Waals surface area contributed by atoms with Gasteiger partial charge in [0.05, 0.1) is 5.69 Å². The average Bonchev–Trinajstić information content (AvgIpc) is 3.25. The van der Waals surface area contributed by atoms with Gasteiger partial charge in [-0.05, 0) is 32.8 Å². The van der Waals surface area contributed by atoms with Crippen molar-refractivity contribution in [1.82, 2.24) is 24.1 Å². The molecule has 0 saturated carbocycles. The molecule has 1 fully saturated rings. The molecule has 3 aromatic rings. The van der Waals surface area contributed by atoms with Crippen LogP contribution in [0.25, 0.3) is 4.83 Å². The predicted molar refractivity (Wildman–Crippen MR) is 93.6 cm³/mol. The van der Waals surface area contributed by atoms with E-state index in [-0.39, 0.29) is 5.91 Å². The Morgan fingerprint density at radius 2 is 2.21 bits per heavy atom. The molecular weight excluding hydrogens is 322 g/mol. The van der Waals surface area contributed by atoms with E-state index < -0.39 is 0 Å². The second-order valence-corrected chi connectivity index (χ2v) is 7.35. The van der Waals surface area contributed by atoms with Crippen LogP contribution in [0.1, 0.15) is 46.5 Å². The van der Waals surface area contributed by atoms with Crippen molar-refractivity contribution in [3.8, 4) is 0 Å². The fourth-order valence-corrected chi connectivity index (χ4v) is 4.75. The molecule has 7 heteroatoms. The Balaban J connectivity index is 1.63. The summed E-state index contributed by atoms with van der Waals surface area (Å²) in [7, 11) is 1.81. The van der Waals surface area contributed by atoms with Gasteiger partial charge in [0.15, 0.2) is 0 Å². The third-order valence-corrected chi connectivity index (χ3v) is 5.93. The third kappa shape index (κ3) is 2.34. The van der Waals surface area contributed by atoms with Gasteiger partial charge in [0.1, 0.15) is 16.3 Å². The van der Waals surface area contributed by atoms with Gasteiger partial charge in [-0.1, -0.05) is 0 Å². The number of likely N-dealkylation sites (tertiary alicyclic amines) is 1. The molecule has 24 heavy (non-hydrogen) atoms. The van der Waals surface area contributed by atoms with E-state index in [0.717, 1.165) is 37.4 Å². The number of nitrogens with zero attached hydrogens (tertiary/aromatic N) is 5. The highest BCUT2D eigenvalue weighted by Gasteiger charge is 2.30. The van der Waals surface area contributed by atoms with Gasteiger partial charge in [-0.15, -0.1) is 11.3 Å². The van der Waals surface area contributed by atoms with Crippen LogP contribution in [0.2, 0.25) is 0 Å². The van der Waals surface area contributed by atoms with E-state index in [0.29, 0.717) is 11.6 Å². The third-order valence-electron chi connectivity index (χ3n) is 4.86. The molecule has 3 aromatic heterocycles. The summed E-state index contributed by atoms with van der Waals surface area (Å²) in [6, 6.07) is 1.79. The zero-order valence-corrected chi connectivity index (χ0v) is 15.0. The summed E-state index contributed by atoms with van der Waals surface area (Å²) in [4.78, 5) is 20.8. The molecule has 0 spiro atoms. The first kappa shape index (κ1) is 15.4. The van der Waals surface area contributed by atoms with Gasteiger partial charge >= 0.3 is 0 Å². The molecule has 1 aliphatic heterocycles. The smallest absolute Gasteiger partial charge is 0.272 e. The van der Waals surface area contributed by atoms with Crippen molar-refractivity contribution in [2.45, 2.75) is 32.6 Å². The van der Waals surface area contributed by atoms with Crippen molar-refractivity contribution in [3.63, 3.8) is 0 Å². The number of aryl methyl sites for hydroxylation is 3. The number of rotatable bonds is 2. The van der Waals surface area contributed by atoms with E-state index in [1.165, 1.54) is 10.5 Å². The molecule has 1 saturated heterocycles. The molecular formula is C17H21N5OS. The minimum atomic E-state index is 0.0641. The van der Waals surface area contributed by atoms with Crippen molar-refractivity contribution in [1.29, 1.82) is 0 Å². The van der Waals surface area contributed by atoms with E-state index in [2.05, 4.69) is 28.7 Å². The quantitative estimate of drug-likeness (QED) is 0.719. The van der Waals surface area contributed by atoms with E-state index in [1.54, 1.807) is 28.3 Å². The van der Waals surface area contributed by atoms with Crippen molar-refractivity contribution in [2.75, 3.05) is 13.1 Å². The van der Waals surface area contributed by atoms with Crippen LogP contribution in [-0.4, -0.2) is 43.1 Å². The van der Waals surface area contributed by atoms with Gasteiger partial charge in [-0.2, -0.15) is 5.10 Å². The number of hydrogen-bond donors (Lipinski definition) is 0. The average molecular weight is 343 g/mol. The Bertz CT molecular complexity index is 906. The maximum Gasteiger partial charge on any atom is 0.272 e. The molecule has 1 amide bonds. The molecule has 0 radical (unpaired) electrons. The highest BCUT2D eigenvalue weighted by atomic mass is 32.1. The number of fused-ring (bicyclic) bond motifs is 1. The van der Waals surface area contributed by atoms with Gasteiger partial charge in [-0.25, -0.2) is 4.98 Å². The summed E-state index contributed by atoms with van der Waals surface area (Å²) in [6.45, 7) is 5.70. The minimum Gasteiger partial charge on any atom is -0.337 e. The molecule has 0 bridgehead atoms. The van der Waals surface area contributed by atoms with Gasteiger partial charge < -0.3 is 4.90 Å². The number of aromatic nitrogens is 4. The van der Waals surface area contributed by atoms with Crippen LogP contribution in [0.15, 0.2) is 17.6 Å². The van der Waals surface area contributed by atoms with Crippen molar-refractivity contribution < 1.29 is 4.79 Å². The highest BCUT2D eigenvalue weighted by Crippen LogP contribution is 2.33. The van der Waals surface area contributed by atoms with Crippen LogP contribution in [-0.2, 0) is 7.05 Å². The Morgan fingerprint density at radius 3 is 2.96 bits per heavy atom. The van der Waals surface area contributed by atoms with Crippen molar-refractivity contribution in [2.24, 2.45) is 7.05 Å². The second kappa shape index (κ2) is 5.73. The molecule has 1 atom stereocenters. The Kier molecular flexibility index (Phi) is 3.68. The van der Waals surface area contributed by atoms with Crippen LogP contribution in [0, 0.1) is 13.8 Å². The van der Waals surface area contributed by atoms with Crippen LogP contribution in [0.4, 0.5) is 0 Å². The standard InChI is InChI=1S/C17H21N5OS/c1-11-10-24-17-15(19-12(2)22(11)17)13-5-4-8-21(9-13)16(23)14-6-7-18-20(14)3/h6-7,10,13H,4-5,8-9H2,1-3H3. The van der Waals surface area contributed by atoms with E-state index in [4.69, 9.17) is 4.98 Å². The SMILES string of the molecule is Cc1csc2c(C3CCCN(C(=O)c4ccnn4C)C3)nc(C)n12. The summed E-state index contributed by atoms with van der Waals surface area (Å²) < 4.78 is 3.87. The second-order valence-electron chi connectivity index (χ2n) is 6.49. The van der Waals surface area contributed by atoms with E-state index >= 15 is 0 Å². The molecule has 1 aliphatic rings. The van der Waals surface area contributed by atoms with Gasteiger partial charge in [0, 0.05) is 43.3 Å². The maximum absolute atomic E-state index is 12.8. The number of hydrogen-bond acceptors (Lipinski definition) is 4. The van der Waals surface area contributed by atoms with Gasteiger partial charge in [0.2, 0.25) is 0 Å². The minimum absolute atomic E-state index is 0.0641. The van der Waals surface area contributed by atoms with Crippen LogP contribution in [0.5, 0.6) is 0 Å². The monoisotopic (exact) mass is 343 g/mol. The summed E-state index contributed by atoms with van der Waals surface area (Å²) in [5.74, 6) is 1.40. The van der Waals surface area contributed by atoms with Gasteiger partial charge in [-0.3, -0.25) is 13.9 Å². The first-order chi connectivity index (χ1) is 11.6. The molecule has 0 aliphatic carbocycles. The first-order valence-electron chi connectivity index (χ1n) is 8.26. The van der Waals surface area contributed by atoms with Crippen LogP contribution >= 0.6 is 11.3 Å². The lowest BCUT2D eigenvalue weighted by Gasteiger charge is -2.32. The van der Waals surface area contributed by atoms with Gasteiger partial charge in [0.25, 0.3) is 5.91 Å². The first-order valence-corrected chi connectivity index (χ1v) is 9.14. The molecule has 0 aromatic carbocycles. The zero-order chi connectivity index (χ0) is 16.8. The summed E-state index contributed by atoms with van der Waals surface area (Å²) in [5.41, 5.74) is 3.02. The number of carbonyl (C=O) groups excluding carboxylic acids is 1. The lowest BCUT2D eigenvalue weighted by Crippen LogP contribution is -2.40. The highest BCUT2D eigenvalue weighted by molar-refractivity contribution is 7.15. The van der Waals surface area contributed by atoms with Crippen LogP contribution < -0.4 is 0 Å². The predicted octanol–water partition coefficient (Wildman–Crippen LogP) is 2.77. The summed E-state index contributed by atoms with van der Waals surface area (Å²) in [6.07, 6.45) is 3.76. The van der Waals surface area contributed by atoms with Crippen LogP contribution in [0.3, 0.4) is 0 Å². The Labute approximate surface area is 144 Å². The topological polar surface area (TPSA) is 55.4 Å². The number of piperidine rings is 1. The largest absolute Gasteiger partial charge is 0.337 e. The Hall–Kier alpha value is -2.15. The summed E-state index contributed by atoms with van der Waals surface area (Å²) >= 11 is 1.75. The van der Waals surface area contributed by atoms with Crippen molar-refractivity contribution >= 4 is 22.1 Å². The molecule has 0 N–H and O–H groups in total. The summed E-state index contributed by atoms with van der Waals surface area (Å²) in [5, 5.41) is 6.29. The number of amides is 1. The zero-order valence-electron chi connectivity index (χ0n) is 14.2. The molecule has 6 nitrogen and oxygen atoms in total. The molecule has 4 rings (SSSR count). The molecule has 4 heterocycles. The fraction of sp³-hybridized carbons (Fsp3) is 0.471. The lowest BCUT2D eigenvalue weighted by molar-refractivity contribution is 0.0695.